The molecule has 0 aromatic heterocycles. The molecule has 0 bridgehead atoms. The molecule has 0 unspecified atom stereocenters. The molecule has 0 N–H and O–H groups in total. The standard InChI is InChI=1S/C21H24N2O2.C2H6/c24-21-16-25-20-9-5-4-8-19(20)23(21)15-14-22-12-10-18(11-13-22)17-6-2-1-3-7-17;1-2/h1-9,18H,10-16H2;1-2H3. The van der Waals surface area contributed by atoms with Gasteiger partial charge in [0.2, 0.25) is 0 Å². The number of para-hydroxylation sites is 2. The van der Waals surface area contributed by atoms with E-state index in [2.05, 4.69) is 35.2 Å². The zero-order chi connectivity index (χ0) is 19.1. The van der Waals surface area contributed by atoms with Crippen LogP contribution in [-0.2, 0) is 4.79 Å². The van der Waals surface area contributed by atoms with E-state index in [1.807, 2.05) is 43.0 Å². The number of nitrogens with zero attached hydrogens (tertiary/aromatic N) is 2. The van der Waals surface area contributed by atoms with Crippen LogP contribution >= 0.6 is 0 Å². The zero-order valence-electron chi connectivity index (χ0n) is 16.4. The third-order valence-electron chi connectivity index (χ3n) is 5.31. The maximum Gasteiger partial charge on any atom is 0.265 e. The van der Waals surface area contributed by atoms with Crippen molar-refractivity contribution in [1.29, 1.82) is 0 Å². The van der Waals surface area contributed by atoms with E-state index in [0.29, 0.717) is 5.92 Å². The summed E-state index contributed by atoms with van der Waals surface area (Å²) in [4.78, 5) is 16.6. The second kappa shape index (κ2) is 9.56. The second-order valence-corrected chi connectivity index (χ2v) is 6.83. The minimum absolute atomic E-state index is 0.0536. The van der Waals surface area contributed by atoms with Crippen LogP contribution < -0.4 is 9.64 Å². The predicted octanol–water partition coefficient (Wildman–Crippen LogP) is 4.32. The number of ether oxygens (including phenoxy) is 1. The summed E-state index contributed by atoms with van der Waals surface area (Å²) in [5.41, 5.74) is 2.36. The highest BCUT2D eigenvalue weighted by Gasteiger charge is 2.26. The lowest BCUT2D eigenvalue weighted by atomic mass is 9.89. The summed E-state index contributed by atoms with van der Waals surface area (Å²) in [6.07, 6.45) is 2.38. The first kappa shape index (κ1) is 19.4. The molecule has 0 spiro atoms. The summed E-state index contributed by atoms with van der Waals surface area (Å²) in [6, 6.07) is 18.6. The number of anilines is 1. The van der Waals surface area contributed by atoms with Crippen molar-refractivity contribution in [2.45, 2.75) is 32.6 Å². The Kier molecular flexibility index (Phi) is 6.88. The third kappa shape index (κ3) is 4.69. The Morgan fingerprint density at radius 1 is 0.926 bits per heavy atom. The minimum Gasteiger partial charge on any atom is -0.482 e. The summed E-state index contributed by atoms with van der Waals surface area (Å²) in [7, 11) is 0. The van der Waals surface area contributed by atoms with Gasteiger partial charge in [-0.2, -0.15) is 0 Å². The van der Waals surface area contributed by atoms with Crippen molar-refractivity contribution in [2.75, 3.05) is 37.7 Å². The van der Waals surface area contributed by atoms with Gasteiger partial charge in [-0.1, -0.05) is 56.3 Å². The molecular formula is C23H30N2O2. The summed E-state index contributed by atoms with van der Waals surface area (Å²) in [5.74, 6) is 1.53. The van der Waals surface area contributed by atoms with Gasteiger partial charge in [-0.3, -0.25) is 4.79 Å². The van der Waals surface area contributed by atoms with Crippen molar-refractivity contribution in [3.05, 3.63) is 60.2 Å². The first-order valence-electron chi connectivity index (χ1n) is 10.1. The van der Waals surface area contributed by atoms with Crippen LogP contribution in [0, 0.1) is 0 Å². The Balaban J connectivity index is 0.00000102. The van der Waals surface area contributed by atoms with Crippen LogP contribution in [0.1, 0.15) is 38.2 Å². The van der Waals surface area contributed by atoms with Gasteiger partial charge < -0.3 is 14.5 Å². The van der Waals surface area contributed by atoms with E-state index < -0.39 is 0 Å². The van der Waals surface area contributed by atoms with E-state index in [0.717, 1.165) is 37.6 Å². The molecule has 0 radical (unpaired) electrons. The predicted molar refractivity (Wildman–Crippen MR) is 110 cm³/mol. The van der Waals surface area contributed by atoms with Crippen LogP contribution in [-0.4, -0.2) is 43.6 Å². The lowest BCUT2D eigenvalue weighted by molar-refractivity contribution is -0.121. The largest absolute Gasteiger partial charge is 0.482 e. The van der Waals surface area contributed by atoms with Crippen molar-refractivity contribution in [3.8, 4) is 5.75 Å². The molecule has 4 rings (SSSR count). The van der Waals surface area contributed by atoms with E-state index >= 15 is 0 Å². The molecule has 2 aromatic carbocycles. The van der Waals surface area contributed by atoms with E-state index in [4.69, 9.17) is 4.74 Å². The smallest absolute Gasteiger partial charge is 0.265 e. The van der Waals surface area contributed by atoms with E-state index in [9.17, 15) is 4.79 Å². The number of hydrogen-bond acceptors (Lipinski definition) is 3. The molecule has 144 valence electrons. The van der Waals surface area contributed by atoms with Gasteiger partial charge in [0.25, 0.3) is 5.91 Å². The SMILES string of the molecule is CC.O=C1COc2ccccc2N1CCN1CCC(c2ccccc2)CC1. The minimum atomic E-state index is 0.0536. The lowest BCUT2D eigenvalue weighted by Crippen LogP contribution is -2.44. The number of carbonyl (C=O) groups excluding carboxylic acids is 1. The Morgan fingerprint density at radius 3 is 2.33 bits per heavy atom. The fourth-order valence-electron chi connectivity index (χ4n) is 3.86. The summed E-state index contributed by atoms with van der Waals surface area (Å²) in [6.45, 7) is 7.99. The van der Waals surface area contributed by atoms with Crippen LogP contribution in [0.3, 0.4) is 0 Å². The lowest BCUT2D eigenvalue weighted by Gasteiger charge is -2.35. The molecule has 0 saturated carbocycles. The molecule has 4 heteroatoms. The van der Waals surface area contributed by atoms with Gasteiger partial charge in [0, 0.05) is 13.1 Å². The third-order valence-corrected chi connectivity index (χ3v) is 5.31. The molecule has 1 fully saturated rings. The maximum absolute atomic E-state index is 12.2. The Morgan fingerprint density at radius 2 is 1.59 bits per heavy atom. The molecule has 1 saturated heterocycles. The van der Waals surface area contributed by atoms with Crippen molar-refractivity contribution in [1.82, 2.24) is 4.90 Å². The molecular weight excluding hydrogens is 336 g/mol. The van der Waals surface area contributed by atoms with E-state index in [-0.39, 0.29) is 12.5 Å². The molecule has 2 heterocycles. The molecule has 4 nitrogen and oxygen atoms in total. The molecule has 27 heavy (non-hydrogen) atoms. The quantitative estimate of drug-likeness (QED) is 0.808. The number of likely N-dealkylation sites (tertiary alicyclic amines) is 1. The topological polar surface area (TPSA) is 32.8 Å². The van der Waals surface area contributed by atoms with Gasteiger partial charge in [0.15, 0.2) is 6.61 Å². The molecule has 2 aliphatic rings. The molecule has 2 aromatic rings. The summed E-state index contributed by atoms with van der Waals surface area (Å²) in [5, 5.41) is 0. The average Bonchev–Trinajstić information content (AvgIpc) is 2.75. The van der Waals surface area contributed by atoms with Crippen LogP contribution in [0.4, 0.5) is 5.69 Å². The fourth-order valence-corrected chi connectivity index (χ4v) is 3.86. The number of amides is 1. The number of fused-ring (bicyclic) bond motifs is 1. The fraction of sp³-hybridized carbons (Fsp3) is 0.435. The van der Waals surface area contributed by atoms with Crippen LogP contribution in [0.2, 0.25) is 0 Å². The van der Waals surface area contributed by atoms with Crippen molar-refractivity contribution in [3.63, 3.8) is 0 Å². The van der Waals surface area contributed by atoms with Crippen LogP contribution in [0.5, 0.6) is 5.75 Å². The monoisotopic (exact) mass is 366 g/mol. The number of benzene rings is 2. The molecule has 0 atom stereocenters. The van der Waals surface area contributed by atoms with Gasteiger partial charge in [0.05, 0.1) is 5.69 Å². The van der Waals surface area contributed by atoms with Gasteiger partial charge in [-0.05, 0) is 49.5 Å². The van der Waals surface area contributed by atoms with E-state index in [1.54, 1.807) is 0 Å². The van der Waals surface area contributed by atoms with Gasteiger partial charge in [0.1, 0.15) is 5.75 Å². The molecule has 2 aliphatic heterocycles. The second-order valence-electron chi connectivity index (χ2n) is 6.83. The Hall–Kier alpha value is -2.33. The molecule has 1 amide bonds. The van der Waals surface area contributed by atoms with Crippen LogP contribution in [0.15, 0.2) is 54.6 Å². The van der Waals surface area contributed by atoms with Crippen molar-refractivity contribution >= 4 is 11.6 Å². The summed E-state index contributed by atoms with van der Waals surface area (Å²) < 4.78 is 5.52. The number of rotatable bonds is 4. The number of piperidine rings is 1. The van der Waals surface area contributed by atoms with Gasteiger partial charge in [-0.15, -0.1) is 0 Å². The number of hydrogen-bond donors (Lipinski definition) is 0. The van der Waals surface area contributed by atoms with Crippen molar-refractivity contribution < 1.29 is 9.53 Å². The first-order valence-corrected chi connectivity index (χ1v) is 10.1. The zero-order valence-corrected chi connectivity index (χ0v) is 16.4. The van der Waals surface area contributed by atoms with Crippen molar-refractivity contribution in [2.24, 2.45) is 0 Å². The number of carbonyl (C=O) groups is 1. The Bertz CT molecular complexity index is 724. The Labute approximate surface area is 162 Å². The maximum atomic E-state index is 12.2. The average molecular weight is 367 g/mol. The summed E-state index contributed by atoms with van der Waals surface area (Å²) >= 11 is 0. The first-order chi connectivity index (χ1) is 13.3. The highest BCUT2D eigenvalue weighted by Crippen LogP contribution is 2.32. The van der Waals surface area contributed by atoms with Gasteiger partial charge in [-0.25, -0.2) is 0 Å². The highest BCUT2D eigenvalue weighted by molar-refractivity contribution is 5.97. The molecule has 0 aliphatic carbocycles. The van der Waals surface area contributed by atoms with Gasteiger partial charge >= 0.3 is 0 Å². The normalized spacial score (nSPS) is 17.6. The highest BCUT2D eigenvalue weighted by atomic mass is 16.5. The van der Waals surface area contributed by atoms with Crippen LogP contribution in [0.25, 0.3) is 0 Å². The van der Waals surface area contributed by atoms with E-state index in [1.165, 1.54) is 18.4 Å².